The Morgan fingerprint density at radius 1 is 1.20 bits per heavy atom. The van der Waals surface area contributed by atoms with Crippen molar-refractivity contribution in [1.82, 2.24) is 5.32 Å². The lowest BCUT2D eigenvalue weighted by molar-refractivity contribution is 0.171. The van der Waals surface area contributed by atoms with E-state index in [9.17, 15) is 4.21 Å². The molecule has 1 aromatic rings. The summed E-state index contributed by atoms with van der Waals surface area (Å²) in [6.07, 6.45) is 4.36. The van der Waals surface area contributed by atoms with E-state index in [4.69, 9.17) is 9.47 Å². The molecule has 3 atom stereocenters. The molecule has 3 rings (SSSR count). The van der Waals surface area contributed by atoms with Crippen molar-refractivity contribution in [1.29, 1.82) is 0 Å². The van der Waals surface area contributed by atoms with Gasteiger partial charge in [0.2, 0.25) is 0 Å². The first kappa shape index (κ1) is 13.9. The number of benzene rings is 1. The van der Waals surface area contributed by atoms with Crippen LogP contribution in [0.2, 0.25) is 0 Å². The van der Waals surface area contributed by atoms with Crippen molar-refractivity contribution in [2.75, 3.05) is 20.3 Å². The fourth-order valence-corrected chi connectivity index (χ4v) is 4.54. The molecule has 1 fully saturated rings. The molecule has 0 amide bonds. The highest BCUT2D eigenvalue weighted by atomic mass is 32.2. The van der Waals surface area contributed by atoms with Gasteiger partial charge in [0.15, 0.2) is 11.5 Å². The van der Waals surface area contributed by atoms with Gasteiger partial charge in [-0.2, -0.15) is 0 Å². The third-order valence-corrected chi connectivity index (χ3v) is 5.84. The minimum absolute atomic E-state index is 0.240. The summed E-state index contributed by atoms with van der Waals surface area (Å²) in [5.41, 5.74) is 0. The Bertz CT molecular complexity index is 506. The van der Waals surface area contributed by atoms with Crippen molar-refractivity contribution in [3.63, 3.8) is 0 Å². The summed E-state index contributed by atoms with van der Waals surface area (Å²) in [6, 6.07) is 6.16. The minimum Gasteiger partial charge on any atom is -0.486 e. The second-order valence-electron chi connectivity index (χ2n) is 5.38. The summed E-state index contributed by atoms with van der Waals surface area (Å²) >= 11 is 0. The van der Waals surface area contributed by atoms with E-state index in [1.54, 1.807) is 0 Å². The highest BCUT2D eigenvalue weighted by molar-refractivity contribution is 7.85. The molecular formula is C15H21NO3S. The van der Waals surface area contributed by atoms with E-state index in [0.717, 1.165) is 35.7 Å². The zero-order valence-electron chi connectivity index (χ0n) is 11.8. The van der Waals surface area contributed by atoms with Gasteiger partial charge in [0.25, 0.3) is 0 Å². The van der Waals surface area contributed by atoms with Crippen molar-refractivity contribution in [3.8, 4) is 11.5 Å². The average Bonchev–Trinajstić information content (AvgIpc) is 2.53. The molecule has 1 aromatic carbocycles. The maximum atomic E-state index is 12.7. The fourth-order valence-electron chi connectivity index (χ4n) is 2.94. The Morgan fingerprint density at radius 2 is 2.00 bits per heavy atom. The normalized spacial score (nSPS) is 27.1. The summed E-state index contributed by atoms with van der Waals surface area (Å²) in [5, 5.41) is 3.55. The van der Waals surface area contributed by atoms with E-state index < -0.39 is 10.8 Å². The Kier molecular flexibility index (Phi) is 4.27. The Balaban J connectivity index is 1.76. The molecular weight excluding hydrogens is 274 g/mol. The Morgan fingerprint density at radius 3 is 2.80 bits per heavy atom. The van der Waals surface area contributed by atoms with Gasteiger partial charge >= 0.3 is 0 Å². The van der Waals surface area contributed by atoms with Gasteiger partial charge in [-0.3, -0.25) is 4.21 Å². The molecule has 0 aromatic heterocycles. The van der Waals surface area contributed by atoms with E-state index in [-0.39, 0.29) is 5.25 Å². The van der Waals surface area contributed by atoms with E-state index >= 15 is 0 Å². The first-order valence-corrected chi connectivity index (χ1v) is 8.46. The third-order valence-electron chi connectivity index (χ3n) is 4.08. The lowest BCUT2D eigenvalue weighted by atomic mass is 9.95. The maximum absolute atomic E-state index is 12.7. The molecule has 0 saturated heterocycles. The van der Waals surface area contributed by atoms with Gasteiger partial charge in [-0.1, -0.05) is 6.42 Å². The van der Waals surface area contributed by atoms with Crippen LogP contribution in [0.1, 0.15) is 25.7 Å². The largest absolute Gasteiger partial charge is 0.486 e. The van der Waals surface area contributed by atoms with E-state index in [2.05, 4.69) is 5.32 Å². The van der Waals surface area contributed by atoms with Crippen LogP contribution in [0, 0.1) is 0 Å². The maximum Gasteiger partial charge on any atom is 0.162 e. The molecule has 0 spiro atoms. The molecule has 1 N–H and O–H groups in total. The minimum atomic E-state index is -0.966. The van der Waals surface area contributed by atoms with Crippen molar-refractivity contribution in [3.05, 3.63) is 18.2 Å². The summed E-state index contributed by atoms with van der Waals surface area (Å²) in [5.74, 6) is 1.48. The molecule has 20 heavy (non-hydrogen) atoms. The second-order valence-corrected chi connectivity index (χ2v) is 7.11. The van der Waals surface area contributed by atoms with Gasteiger partial charge in [0.1, 0.15) is 13.2 Å². The predicted molar refractivity (Wildman–Crippen MR) is 78.9 cm³/mol. The van der Waals surface area contributed by atoms with Crippen LogP contribution in [-0.2, 0) is 10.8 Å². The average molecular weight is 295 g/mol. The van der Waals surface area contributed by atoms with Crippen LogP contribution >= 0.6 is 0 Å². The van der Waals surface area contributed by atoms with Crippen LogP contribution in [0.5, 0.6) is 11.5 Å². The topological polar surface area (TPSA) is 47.6 Å². The van der Waals surface area contributed by atoms with Crippen molar-refractivity contribution >= 4 is 10.8 Å². The van der Waals surface area contributed by atoms with Gasteiger partial charge in [0.05, 0.1) is 10.8 Å². The van der Waals surface area contributed by atoms with Crippen LogP contribution < -0.4 is 14.8 Å². The number of rotatable bonds is 3. The molecule has 1 aliphatic carbocycles. The smallest absolute Gasteiger partial charge is 0.162 e. The first-order chi connectivity index (χ1) is 9.78. The molecule has 5 heteroatoms. The first-order valence-electron chi connectivity index (χ1n) is 7.25. The van der Waals surface area contributed by atoms with Gasteiger partial charge in [0, 0.05) is 22.3 Å². The van der Waals surface area contributed by atoms with E-state index in [1.807, 2.05) is 25.2 Å². The fraction of sp³-hybridized carbons (Fsp3) is 0.600. The molecule has 110 valence electrons. The van der Waals surface area contributed by atoms with Crippen molar-refractivity contribution in [2.45, 2.75) is 41.9 Å². The number of hydrogen-bond donors (Lipinski definition) is 1. The zero-order valence-corrected chi connectivity index (χ0v) is 12.6. The van der Waals surface area contributed by atoms with Gasteiger partial charge in [-0.05, 0) is 38.4 Å². The van der Waals surface area contributed by atoms with E-state index in [0.29, 0.717) is 19.3 Å². The summed E-state index contributed by atoms with van der Waals surface area (Å²) in [4.78, 5) is 0.857. The highest BCUT2D eigenvalue weighted by Gasteiger charge is 2.27. The molecule has 1 heterocycles. The summed E-state index contributed by atoms with van der Waals surface area (Å²) in [6.45, 7) is 1.15. The zero-order chi connectivity index (χ0) is 13.9. The summed E-state index contributed by atoms with van der Waals surface area (Å²) < 4.78 is 23.8. The lowest BCUT2D eigenvalue weighted by Crippen LogP contribution is -2.35. The van der Waals surface area contributed by atoms with Gasteiger partial charge in [-0.25, -0.2) is 0 Å². The molecule has 2 aliphatic rings. The molecule has 0 bridgehead atoms. The quantitative estimate of drug-likeness (QED) is 0.927. The Labute approximate surface area is 122 Å². The molecule has 4 nitrogen and oxygen atoms in total. The van der Waals surface area contributed by atoms with Crippen molar-refractivity contribution in [2.24, 2.45) is 0 Å². The van der Waals surface area contributed by atoms with Crippen LogP contribution in [0.15, 0.2) is 23.1 Å². The van der Waals surface area contributed by atoms with Crippen LogP contribution in [0.3, 0.4) is 0 Å². The van der Waals surface area contributed by atoms with Crippen molar-refractivity contribution < 1.29 is 13.7 Å². The van der Waals surface area contributed by atoms with Gasteiger partial charge < -0.3 is 14.8 Å². The molecule has 1 aliphatic heterocycles. The molecule has 3 unspecified atom stereocenters. The standard InChI is InChI=1S/C15H21NO3S/c1-16-11-3-2-4-12(9-11)20(17)13-5-6-14-15(10-13)19-8-7-18-14/h5-6,10-12,16H,2-4,7-9H2,1H3. The van der Waals surface area contributed by atoms with Crippen LogP contribution in [0.25, 0.3) is 0 Å². The van der Waals surface area contributed by atoms with E-state index in [1.165, 1.54) is 6.42 Å². The predicted octanol–water partition coefficient (Wildman–Crippen LogP) is 2.10. The number of fused-ring (bicyclic) bond motifs is 1. The molecule has 0 radical (unpaired) electrons. The monoisotopic (exact) mass is 295 g/mol. The number of hydrogen-bond acceptors (Lipinski definition) is 4. The third kappa shape index (κ3) is 2.83. The SMILES string of the molecule is CNC1CCCC(S(=O)c2ccc3c(c2)OCCO3)C1. The Hall–Kier alpha value is -1.07. The van der Waals surface area contributed by atoms with Crippen LogP contribution in [0.4, 0.5) is 0 Å². The lowest BCUT2D eigenvalue weighted by Gasteiger charge is -2.28. The highest BCUT2D eigenvalue weighted by Crippen LogP contribution is 2.34. The summed E-state index contributed by atoms with van der Waals surface area (Å²) in [7, 11) is 1.02. The molecule has 1 saturated carbocycles. The van der Waals surface area contributed by atoms with Crippen LogP contribution in [-0.4, -0.2) is 35.8 Å². The number of ether oxygens (including phenoxy) is 2. The second kappa shape index (κ2) is 6.14. The van der Waals surface area contributed by atoms with Gasteiger partial charge in [-0.15, -0.1) is 0 Å². The number of nitrogens with one attached hydrogen (secondary N) is 1.